The molecule has 0 saturated heterocycles. The van der Waals surface area contributed by atoms with E-state index in [-0.39, 0.29) is 24.0 Å². The van der Waals surface area contributed by atoms with Crippen LogP contribution in [0.1, 0.15) is 31.7 Å². The van der Waals surface area contributed by atoms with Crippen LogP contribution >= 0.6 is 35.7 Å². The van der Waals surface area contributed by atoms with Crippen LogP contribution in [-0.4, -0.2) is 12.4 Å². The summed E-state index contributed by atoms with van der Waals surface area (Å²) in [6, 6.07) is 28.3. The average Bonchev–Trinajstić information content (AvgIpc) is 3.13. The molecule has 2 aliphatic rings. The lowest BCUT2D eigenvalue weighted by Gasteiger charge is -2.34. The molecule has 2 aliphatic heterocycles. The monoisotopic (exact) mass is 552 g/mol. The van der Waals surface area contributed by atoms with E-state index in [1.54, 1.807) is 0 Å². The molecule has 2 nitrogen and oxygen atoms in total. The zero-order chi connectivity index (χ0) is 21.2. The number of benzene rings is 3. The number of nitrogens with zero attached hydrogens (tertiary/aromatic N) is 2. The molecule has 0 N–H and O–H groups in total. The van der Waals surface area contributed by atoms with Gasteiger partial charge in [0.05, 0.1) is 16.7 Å². The normalized spacial score (nSPS) is 18.1. The van der Waals surface area contributed by atoms with E-state index < -0.39 is 0 Å². The zero-order valence-electron chi connectivity index (χ0n) is 18.6. The maximum Gasteiger partial charge on any atom is 0.0988 e. The number of likely N-dealkylation sites (N-methyl/N-ethyl adjacent to an activating group) is 1. The molecule has 1 unspecified atom stereocenters. The molecule has 0 aliphatic carbocycles. The second-order valence-corrected chi connectivity index (χ2v) is 9.29. The van der Waals surface area contributed by atoms with Crippen LogP contribution in [0.15, 0.2) is 102 Å². The van der Waals surface area contributed by atoms with Gasteiger partial charge in [-0.2, -0.15) is 0 Å². The Morgan fingerprint density at radius 1 is 0.875 bits per heavy atom. The smallest absolute Gasteiger partial charge is 0.0988 e. The van der Waals surface area contributed by atoms with Crippen molar-refractivity contribution < 1.29 is 0 Å². The molecule has 164 valence electrons. The first kappa shape index (κ1) is 23.0. The molecule has 0 amide bonds. The second kappa shape index (κ2) is 10.2. The maximum atomic E-state index is 2.45. The van der Waals surface area contributed by atoms with Crippen LogP contribution in [0.2, 0.25) is 0 Å². The van der Waals surface area contributed by atoms with E-state index >= 15 is 0 Å². The van der Waals surface area contributed by atoms with Gasteiger partial charge in [-0.15, -0.1) is 24.0 Å². The first-order chi connectivity index (χ1) is 15.3. The van der Waals surface area contributed by atoms with Crippen molar-refractivity contribution in [3.05, 3.63) is 102 Å². The van der Waals surface area contributed by atoms with E-state index in [4.69, 9.17) is 0 Å². The van der Waals surface area contributed by atoms with Crippen LogP contribution in [0.5, 0.6) is 0 Å². The van der Waals surface area contributed by atoms with Gasteiger partial charge in [0.15, 0.2) is 0 Å². The molecule has 3 aromatic rings. The highest BCUT2D eigenvalue weighted by Crippen LogP contribution is 2.46. The van der Waals surface area contributed by atoms with Crippen molar-refractivity contribution in [3.8, 4) is 0 Å². The van der Waals surface area contributed by atoms with Gasteiger partial charge in [-0.1, -0.05) is 73.6 Å². The highest BCUT2D eigenvalue weighted by molar-refractivity contribution is 14.0. The van der Waals surface area contributed by atoms with Crippen LogP contribution in [0.3, 0.4) is 0 Å². The first-order valence-electron chi connectivity index (χ1n) is 11.1. The fraction of sp³-hybridized carbons (Fsp3) is 0.214. The fourth-order valence-corrected chi connectivity index (χ4v) is 5.68. The van der Waals surface area contributed by atoms with Crippen LogP contribution in [0.4, 0.5) is 17.1 Å². The van der Waals surface area contributed by atoms with Gasteiger partial charge in [0.1, 0.15) is 0 Å². The fourth-order valence-electron chi connectivity index (χ4n) is 4.44. The summed E-state index contributed by atoms with van der Waals surface area (Å²) in [5, 5.41) is 0.299. The largest absolute Gasteiger partial charge is 0.358 e. The van der Waals surface area contributed by atoms with Gasteiger partial charge in [-0.3, -0.25) is 0 Å². The van der Waals surface area contributed by atoms with Crippen LogP contribution in [0, 0.1) is 0 Å². The summed E-state index contributed by atoms with van der Waals surface area (Å²) < 4.78 is 0. The lowest BCUT2D eigenvalue weighted by molar-refractivity contribution is 0.773. The predicted molar refractivity (Wildman–Crippen MR) is 151 cm³/mol. The van der Waals surface area contributed by atoms with Gasteiger partial charge < -0.3 is 9.80 Å². The predicted octanol–water partition coefficient (Wildman–Crippen LogP) is 8.48. The first-order valence-corrected chi connectivity index (χ1v) is 12.0. The standard InChI is InChI=1S/C28H28N2S.HI/c1-3-4-12-23-19-21(20-28-29(2)26-17-10-11-18-27(26)31-28)24-15-8-9-16-25(24)30(23)22-13-6-5-7-14-22;/h5-11,13-20,28H,3-4,12H2,1-2H3;1H. The number of unbranched alkanes of at least 4 members (excludes halogenated alkanes) is 1. The number of anilines is 3. The SMILES string of the molecule is CCCCC1=CC(=CC2Sc3ccccc3N2C)c2ccccc2N1c1ccccc1.I. The minimum absolute atomic E-state index is 0. The number of fused-ring (bicyclic) bond motifs is 2. The van der Waals surface area contributed by atoms with Gasteiger partial charge in [0, 0.05) is 28.9 Å². The molecule has 3 aromatic carbocycles. The Morgan fingerprint density at radius 2 is 1.56 bits per heavy atom. The molecule has 0 bridgehead atoms. The third-order valence-electron chi connectivity index (χ3n) is 6.06. The van der Waals surface area contributed by atoms with Crippen LogP contribution in [0.25, 0.3) is 5.57 Å². The van der Waals surface area contributed by atoms with Gasteiger partial charge >= 0.3 is 0 Å². The molecule has 0 radical (unpaired) electrons. The topological polar surface area (TPSA) is 6.48 Å². The van der Waals surface area contributed by atoms with E-state index in [2.05, 4.69) is 115 Å². The van der Waals surface area contributed by atoms with Crippen molar-refractivity contribution in [2.45, 2.75) is 36.5 Å². The Balaban J connectivity index is 0.00000245. The number of allylic oxidation sites excluding steroid dienone is 3. The van der Waals surface area contributed by atoms with E-state index in [9.17, 15) is 0 Å². The number of halogens is 1. The minimum atomic E-state index is 0. The van der Waals surface area contributed by atoms with Gasteiger partial charge in [-0.05, 0) is 60.9 Å². The molecule has 0 aromatic heterocycles. The van der Waals surface area contributed by atoms with Gasteiger partial charge in [0.2, 0.25) is 0 Å². The summed E-state index contributed by atoms with van der Waals surface area (Å²) in [6.45, 7) is 2.27. The Morgan fingerprint density at radius 3 is 2.31 bits per heavy atom. The highest BCUT2D eigenvalue weighted by Gasteiger charge is 2.28. The van der Waals surface area contributed by atoms with E-state index in [0.717, 1.165) is 6.42 Å². The second-order valence-electron chi connectivity index (χ2n) is 8.14. The number of hydrogen-bond acceptors (Lipinski definition) is 3. The number of rotatable bonds is 5. The van der Waals surface area contributed by atoms with Crippen molar-refractivity contribution in [1.82, 2.24) is 0 Å². The molecule has 2 heterocycles. The molecule has 4 heteroatoms. The van der Waals surface area contributed by atoms with Crippen molar-refractivity contribution in [2.24, 2.45) is 0 Å². The lowest BCUT2D eigenvalue weighted by Crippen LogP contribution is -2.24. The third kappa shape index (κ3) is 4.35. The van der Waals surface area contributed by atoms with Crippen LogP contribution < -0.4 is 9.80 Å². The number of para-hydroxylation sites is 3. The lowest BCUT2D eigenvalue weighted by atomic mass is 9.94. The zero-order valence-corrected chi connectivity index (χ0v) is 21.7. The quantitative estimate of drug-likeness (QED) is 0.293. The van der Waals surface area contributed by atoms with Crippen LogP contribution in [-0.2, 0) is 0 Å². The third-order valence-corrected chi connectivity index (χ3v) is 7.36. The number of hydrogen-bond donors (Lipinski definition) is 0. The highest BCUT2D eigenvalue weighted by atomic mass is 127. The van der Waals surface area contributed by atoms with Crippen molar-refractivity contribution in [2.75, 3.05) is 16.8 Å². The Labute approximate surface area is 213 Å². The molecule has 1 atom stereocenters. The Kier molecular flexibility index (Phi) is 7.31. The summed E-state index contributed by atoms with van der Waals surface area (Å²) in [5.41, 5.74) is 7.83. The summed E-state index contributed by atoms with van der Waals surface area (Å²) in [5.74, 6) is 0. The summed E-state index contributed by atoms with van der Waals surface area (Å²) in [4.78, 5) is 6.19. The van der Waals surface area contributed by atoms with E-state index in [1.807, 2.05) is 11.8 Å². The molecule has 0 spiro atoms. The summed E-state index contributed by atoms with van der Waals surface area (Å²) >= 11 is 1.94. The summed E-state index contributed by atoms with van der Waals surface area (Å²) in [7, 11) is 2.20. The Hall–Kier alpha value is -2.18. The molecule has 0 fully saturated rings. The van der Waals surface area contributed by atoms with E-state index in [1.165, 1.54) is 51.6 Å². The van der Waals surface area contributed by atoms with Crippen molar-refractivity contribution in [1.29, 1.82) is 0 Å². The molecular formula is C28H29IN2S. The van der Waals surface area contributed by atoms with Crippen molar-refractivity contribution in [3.63, 3.8) is 0 Å². The molecular weight excluding hydrogens is 523 g/mol. The summed E-state index contributed by atoms with van der Waals surface area (Å²) in [6.07, 6.45) is 8.32. The van der Waals surface area contributed by atoms with E-state index in [0.29, 0.717) is 5.37 Å². The Bertz CT molecular complexity index is 1140. The molecule has 5 rings (SSSR count). The number of thioether (sulfide) groups is 1. The minimum Gasteiger partial charge on any atom is -0.358 e. The molecule has 32 heavy (non-hydrogen) atoms. The molecule has 0 saturated carbocycles. The van der Waals surface area contributed by atoms with Gasteiger partial charge in [0.25, 0.3) is 0 Å². The van der Waals surface area contributed by atoms with Gasteiger partial charge in [-0.25, -0.2) is 0 Å². The average molecular weight is 553 g/mol. The van der Waals surface area contributed by atoms with Crippen molar-refractivity contribution >= 4 is 58.4 Å². The maximum absolute atomic E-state index is 2.45.